The van der Waals surface area contributed by atoms with Crippen molar-refractivity contribution in [3.63, 3.8) is 0 Å². The zero-order valence-corrected chi connectivity index (χ0v) is 22.1. The van der Waals surface area contributed by atoms with Crippen molar-refractivity contribution in [2.75, 3.05) is 12.3 Å². The van der Waals surface area contributed by atoms with E-state index in [1.165, 1.54) is 0 Å². The molecule has 204 valence electrons. The molecule has 0 saturated carbocycles. The van der Waals surface area contributed by atoms with E-state index >= 15 is 0 Å². The largest absolute Gasteiger partial charge is 0.382 e. The molecule has 8 heteroatoms. The Kier molecular flexibility index (Phi) is 8.11. The van der Waals surface area contributed by atoms with Gasteiger partial charge in [-0.2, -0.15) is 5.10 Å². The summed E-state index contributed by atoms with van der Waals surface area (Å²) in [6.07, 6.45) is -0.0261. The highest BCUT2D eigenvalue weighted by Gasteiger charge is 2.48. The number of fused-ring (bicyclic) bond motifs is 1. The van der Waals surface area contributed by atoms with Gasteiger partial charge in [-0.25, -0.2) is 4.98 Å². The van der Waals surface area contributed by atoms with E-state index in [-0.39, 0.29) is 6.10 Å². The zero-order chi connectivity index (χ0) is 27.1. The van der Waals surface area contributed by atoms with Gasteiger partial charge in [0, 0.05) is 11.6 Å². The van der Waals surface area contributed by atoms with E-state index in [0.29, 0.717) is 37.8 Å². The van der Waals surface area contributed by atoms with Gasteiger partial charge in [0.15, 0.2) is 5.82 Å². The van der Waals surface area contributed by atoms with Crippen molar-refractivity contribution in [2.45, 2.75) is 44.2 Å². The minimum absolute atomic E-state index is 0.339. The second kappa shape index (κ2) is 12.4. The molecule has 40 heavy (non-hydrogen) atoms. The van der Waals surface area contributed by atoms with Crippen LogP contribution in [0.1, 0.15) is 28.5 Å². The molecule has 1 aliphatic heterocycles. The predicted molar refractivity (Wildman–Crippen MR) is 152 cm³/mol. The maximum atomic E-state index is 6.69. The van der Waals surface area contributed by atoms with Gasteiger partial charge in [0.1, 0.15) is 29.9 Å². The summed E-state index contributed by atoms with van der Waals surface area (Å²) in [4.78, 5) is 4.18. The lowest BCUT2D eigenvalue weighted by Gasteiger charge is -2.25. The van der Waals surface area contributed by atoms with Crippen molar-refractivity contribution in [2.24, 2.45) is 0 Å². The van der Waals surface area contributed by atoms with Crippen LogP contribution < -0.4 is 5.73 Å². The summed E-state index contributed by atoms with van der Waals surface area (Å²) >= 11 is 0. The number of nitrogens with one attached hydrogen (secondary N) is 1. The van der Waals surface area contributed by atoms with Gasteiger partial charge < -0.3 is 24.7 Å². The first-order chi connectivity index (χ1) is 19.8. The number of anilines is 1. The second-order valence-corrected chi connectivity index (χ2v) is 9.85. The fourth-order valence-corrected chi connectivity index (χ4v) is 5.08. The van der Waals surface area contributed by atoms with E-state index in [0.717, 1.165) is 27.8 Å². The molecule has 0 radical (unpaired) electrons. The SMILES string of the molecule is Nc1nccc2c([C@@H]3O[C@H](COCc4ccccc4)[C@@H](OCc4ccccc4)[C@H]3OCc3ccccc3)[nH]nc12. The standard InChI is InChI=1S/C32H32N4O4/c33-32-28-25(16-17-34-32)27(35-36-28)30-31(39-20-24-14-8-3-9-15-24)29(38-19-23-12-6-2-7-13-23)26(40-30)21-37-18-22-10-4-1-5-11-22/h1-17,26,29-31H,18-21H2,(H2,33,34)(H,35,36)/t26-,29-,30+,31-/m1/s1. The average molecular weight is 537 g/mol. The van der Waals surface area contributed by atoms with Crippen molar-refractivity contribution in [3.05, 3.63) is 126 Å². The van der Waals surface area contributed by atoms with E-state index < -0.39 is 18.3 Å². The quantitative estimate of drug-likeness (QED) is 0.234. The number of rotatable bonds is 11. The van der Waals surface area contributed by atoms with Crippen molar-refractivity contribution in [3.8, 4) is 0 Å². The number of aromatic nitrogens is 3. The zero-order valence-electron chi connectivity index (χ0n) is 22.1. The number of hydrogen-bond donors (Lipinski definition) is 2. The Hall–Kier alpha value is -4.08. The second-order valence-electron chi connectivity index (χ2n) is 9.85. The third-order valence-electron chi connectivity index (χ3n) is 7.09. The molecular formula is C32H32N4O4. The van der Waals surface area contributed by atoms with Gasteiger partial charge >= 0.3 is 0 Å². The molecule has 8 nitrogen and oxygen atoms in total. The van der Waals surface area contributed by atoms with Crippen LogP contribution in [0, 0.1) is 0 Å². The number of nitrogens with two attached hydrogens (primary N) is 1. The predicted octanol–water partition coefficient (Wildman–Crippen LogP) is 5.37. The Morgan fingerprint density at radius 1 is 0.725 bits per heavy atom. The first-order valence-electron chi connectivity index (χ1n) is 13.4. The van der Waals surface area contributed by atoms with Gasteiger partial charge in [-0.05, 0) is 22.8 Å². The lowest BCUT2D eigenvalue weighted by Crippen LogP contribution is -2.37. The average Bonchev–Trinajstić information content (AvgIpc) is 3.58. The molecule has 3 aromatic carbocycles. The molecule has 3 N–H and O–H groups in total. The van der Waals surface area contributed by atoms with E-state index in [2.05, 4.69) is 15.2 Å². The molecular weight excluding hydrogens is 504 g/mol. The molecule has 0 amide bonds. The third-order valence-corrected chi connectivity index (χ3v) is 7.09. The van der Waals surface area contributed by atoms with Crippen LogP contribution in [0.15, 0.2) is 103 Å². The monoisotopic (exact) mass is 536 g/mol. The van der Waals surface area contributed by atoms with Gasteiger partial charge in [-0.3, -0.25) is 5.10 Å². The normalized spacial score (nSPS) is 20.7. The highest BCUT2D eigenvalue weighted by atomic mass is 16.6. The molecule has 1 fully saturated rings. The van der Waals surface area contributed by atoms with Crippen molar-refractivity contribution in [1.82, 2.24) is 15.2 Å². The molecule has 0 spiro atoms. The lowest BCUT2D eigenvalue weighted by molar-refractivity contribution is -0.0898. The Bertz CT molecular complexity index is 1500. The van der Waals surface area contributed by atoms with Gasteiger partial charge in [-0.1, -0.05) is 91.0 Å². The van der Waals surface area contributed by atoms with E-state index in [1.54, 1.807) is 6.20 Å². The maximum Gasteiger partial charge on any atom is 0.151 e. The summed E-state index contributed by atoms with van der Waals surface area (Å²) in [5.41, 5.74) is 10.7. The number of H-pyrrole nitrogens is 1. The highest BCUT2D eigenvalue weighted by molar-refractivity contribution is 5.89. The molecule has 0 unspecified atom stereocenters. The summed E-state index contributed by atoms with van der Waals surface area (Å²) in [6.45, 7) is 1.64. The summed E-state index contributed by atoms with van der Waals surface area (Å²) in [5.74, 6) is 0.361. The fourth-order valence-electron chi connectivity index (χ4n) is 5.08. The van der Waals surface area contributed by atoms with Crippen LogP contribution in [0.25, 0.3) is 10.9 Å². The van der Waals surface area contributed by atoms with Crippen LogP contribution in [-0.4, -0.2) is 40.1 Å². The summed E-state index contributed by atoms with van der Waals surface area (Å²) < 4.78 is 26.0. The number of ether oxygens (including phenoxy) is 4. The first kappa shape index (κ1) is 26.2. The molecule has 1 aliphatic rings. The summed E-state index contributed by atoms with van der Waals surface area (Å²) in [6, 6.07) is 32.2. The van der Waals surface area contributed by atoms with Gasteiger partial charge in [0.2, 0.25) is 0 Å². The molecule has 2 aromatic heterocycles. The highest BCUT2D eigenvalue weighted by Crippen LogP contribution is 2.40. The minimum Gasteiger partial charge on any atom is -0.382 e. The molecule has 4 atom stereocenters. The van der Waals surface area contributed by atoms with Crippen LogP contribution in [0.4, 0.5) is 5.82 Å². The summed E-state index contributed by atoms with van der Waals surface area (Å²) in [5, 5.41) is 8.44. The number of hydrogen-bond acceptors (Lipinski definition) is 7. The first-order valence-corrected chi connectivity index (χ1v) is 13.4. The number of pyridine rings is 1. The van der Waals surface area contributed by atoms with Crippen LogP contribution in [0.3, 0.4) is 0 Å². The molecule has 0 bridgehead atoms. The molecule has 5 aromatic rings. The van der Waals surface area contributed by atoms with E-state index in [9.17, 15) is 0 Å². The van der Waals surface area contributed by atoms with Crippen molar-refractivity contribution in [1.29, 1.82) is 0 Å². The third kappa shape index (κ3) is 5.90. The fraction of sp³-hybridized carbons (Fsp3) is 0.250. The Morgan fingerprint density at radius 3 is 1.93 bits per heavy atom. The van der Waals surface area contributed by atoms with Crippen LogP contribution in [-0.2, 0) is 38.8 Å². The maximum absolute atomic E-state index is 6.69. The van der Waals surface area contributed by atoms with Gasteiger partial charge in [-0.15, -0.1) is 0 Å². The molecule has 3 heterocycles. The molecule has 6 rings (SSSR count). The van der Waals surface area contributed by atoms with Gasteiger partial charge in [0.05, 0.1) is 32.1 Å². The van der Waals surface area contributed by atoms with Crippen LogP contribution in [0.5, 0.6) is 0 Å². The van der Waals surface area contributed by atoms with Crippen LogP contribution in [0.2, 0.25) is 0 Å². The summed E-state index contributed by atoms with van der Waals surface area (Å²) in [7, 11) is 0. The van der Waals surface area contributed by atoms with Crippen molar-refractivity contribution >= 4 is 16.7 Å². The smallest absolute Gasteiger partial charge is 0.151 e. The topological polar surface area (TPSA) is 105 Å². The Labute approximate surface area is 233 Å². The number of nitrogen functional groups attached to an aromatic ring is 1. The Morgan fingerprint density at radius 2 is 1.30 bits per heavy atom. The Balaban J connectivity index is 1.29. The number of benzene rings is 3. The number of aromatic amines is 1. The van der Waals surface area contributed by atoms with Gasteiger partial charge in [0.25, 0.3) is 0 Å². The minimum atomic E-state index is -0.485. The molecule has 1 saturated heterocycles. The number of nitrogens with zero attached hydrogens (tertiary/aromatic N) is 2. The van der Waals surface area contributed by atoms with Crippen LogP contribution >= 0.6 is 0 Å². The molecule has 0 aliphatic carbocycles. The van der Waals surface area contributed by atoms with E-state index in [1.807, 2.05) is 97.1 Å². The lowest BCUT2D eigenvalue weighted by atomic mass is 10.0. The van der Waals surface area contributed by atoms with Crippen molar-refractivity contribution < 1.29 is 18.9 Å². The van der Waals surface area contributed by atoms with E-state index in [4.69, 9.17) is 24.7 Å².